The predicted octanol–water partition coefficient (Wildman–Crippen LogP) is 4.36. The standard InChI is InChI=1S/C32H37BN6O4/c1-31(2)24-17-22(9-10-25(24)33(41-3)43-31)35-28-18-26(36-27(20-40)21-7-5-4-6-8-21)23(19-34-28)29-37-30(38-42-29)32-11-14-39(15-12-32)16-13-32/h4-10,17-19,27,40H,11-16,20H2,1-3H3,(H2,34,35,36)/t27-/m1/s1. The predicted molar refractivity (Wildman–Crippen MR) is 166 cm³/mol. The number of piperidine rings is 3. The van der Waals surface area contributed by atoms with Gasteiger partial charge in [-0.2, -0.15) is 4.98 Å². The van der Waals surface area contributed by atoms with E-state index in [1.165, 1.54) is 0 Å². The summed E-state index contributed by atoms with van der Waals surface area (Å²) in [4.78, 5) is 12.2. The second kappa shape index (κ2) is 11.1. The monoisotopic (exact) mass is 580 g/mol. The molecular formula is C32H37BN6O4. The summed E-state index contributed by atoms with van der Waals surface area (Å²) in [6.45, 7) is 7.21. The fraction of sp³-hybridized carbons (Fsp3) is 0.406. The van der Waals surface area contributed by atoms with Gasteiger partial charge in [-0.15, -0.1) is 0 Å². The van der Waals surface area contributed by atoms with Crippen molar-refractivity contribution in [2.45, 2.75) is 50.2 Å². The molecule has 4 aliphatic heterocycles. The van der Waals surface area contributed by atoms with Crippen molar-refractivity contribution in [2.75, 3.05) is 44.0 Å². The van der Waals surface area contributed by atoms with Crippen LogP contribution in [0.25, 0.3) is 11.5 Å². The number of nitrogens with zero attached hydrogens (tertiary/aromatic N) is 4. The molecule has 0 radical (unpaired) electrons. The molecule has 2 bridgehead atoms. The molecule has 2 aromatic carbocycles. The highest BCUT2D eigenvalue weighted by atomic mass is 16.6. The normalized spacial score (nSPS) is 22.8. The van der Waals surface area contributed by atoms with Crippen molar-refractivity contribution < 1.29 is 18.9 Å². The number of aliphatic hydroxyl groups excluding tert-OH is 1. The maximum Gasteiger partial charge on any atom is 0.494 e. The fourth-order valence-electron chi connectivity index (χ4n) is 6.71. The lowest BCUT2D eigenvalue weighted by Gasteiger charge is -2.46. The van der Waals surface area contributed by atoms with E-state index in [4.69, 9.17) is 23.8 Å². The number of benzene rings is 2. The van der Waals surface area contributed by atoms with Gasteiger partial charge in [0.2, 0.25) is 0 Å². The molecule has 0 spiro atoms. The Labute approximate surface area is 252 Å². The summed E-state index contributed by atoms with van der Waals surface area (Å²) >= 11 is 0. The van der Waals surface area contributed by atoms with Crippen LogP contribution in [0.15, 0.2) is 65.3 Å². The topological polar surface area (TPSA) is 118 Å². The Balaban J connectivity index is 1.23. The molecule has 4 aromatic rings. The highest BCUT2D eigenvalue weighted by Gasteiger charge is 2.44. The first-order valence-corrected chi connectivity index (χ1v) is 15.0. The van der Waals surface area contributed by atoms with Crippen LogP contribution in [0.2, 0.25) is 0 Å². The van der Waals surface area contributed by atoms with E-state index in [1.807, 2.05) is 62.4 Å². The van der Waals surface area contributed by atoms with Crippen molar-refractivity contribution in [3.63, 3.8) is 0 Å². The van der Waals surface area contributed by atoms with Crippen LogP contribution in [0.4, 0.5) is 17.2 Å². The largest absolute Gasteiger partial charge is 0.494 e. The summed E-state index contributed by atoms with van der Waals surface area (Å²) in [5.41, 5.74) is 4.85. The van der Waals surface area contributed by atoms with Crippen LogP contribution in [0.5, 0.6) is 0 Å². The molecule has 10 nitrogen and oxygen atoms in total. The van der Waals surface area contributed by atoms with E-state index < -0.39 is 5.60 Å². The summed E-state index contributed by atoms with van der Waals surface area (Å²) < 4.78 is 17.5. The van der Waals surface area contributed by atoms with Gasteiger partial charge in [-0.05, 0) is 81.5 Å². The van der Waals surface area contributed by atoms with Crippen LogP contribution in [-0.4, -0.2) is 65.6 Å². The number of rotatable bonds is 9. The molecule has 6 heterocycles. The lowest BCUT2D eigenvalue weighted by molar-refractivity contribution is 0.0747. The second-order valence-corrected chi connectivity index (χ2v) is 12.3. The zero-order valence-electron chi connectivity index (χ0n) is 24.8. The number of nitrogens with one attached hydrogen (secondary N) is 2. The van der Waals surface area contributed by atoms with Crippen molar-refractivity contribution in [2.24, 2.45) is 0 Å². The Morgan fingerprint density at radius 2 is 1.84 bits per heavy atom. The van der Waals surface area contributed by atoms with Crippen LogP contribution in [-0.2, 0) is 20.3 Å². The highest BCUT2D eigenvalue weighted by molar-refractivity contribution is 6.63. The minimum atomic E-state index is -0.480. The molecule has 2 aromatic heterocycles. The third-order valence-electron chi connectivity index (χ3n) is 9.31. The molecule has 0 amide bonds. The average Bonchev–Trinajstić information content (AvgIpc) is 3.64. The third-order valence-corrected chi connectivity index (χ3v) is 9.31. The summed E-state index contributed by atoms with van der Waals surface area (Å²) in [5, 5.41) is 21.8. The zero-order valence-corrected chi connectivity index (χ0v) is 24.8. The van der Waals surface area contributed by atoms with E-state index >= 15 is 0 Å². The van der Waals surface area contributed by atoms with Gasteiger partial charge in [-0.3, -0.25) is 0 Å². The van der Waals surface area contributed by atoms with Gasteiger partial charge in [0.1, 0.15) is 5.82 Å². The van der Waals surface area contributed by atoms with Gasteiger partial charge in [0, 0.05) is 30.5 Å². The molecule has 222 valence electrons. The number of anilines is 3. The first-order chi connectivity index (χ1) is 20.9. The Morgan fingerprint density at radius 1 is 1.07 bits per heavy atom. The van der Waals surface area contributed by atoms with E-state index in [0.29, 0.717) is 17.3 Å². The number of pyridine rings is 1. The molecule has 3 N–H and O–H groups in total. The molecule has 4 aliphatic rings. The van der Waals surface area contributed by atoms with E-state index in [1.54, 1.807) is 13.3 Å². The third kappa shape index (κ3) is 5.20. The van der Waals surface area contributed by atoms with Crippen LogP contribution in [0, 0.1) is 0 Å². The first kappa shape index (κ1) is 28.0. The maximum atomic E-state index is 10.4. The van der Waals surface area contributed by atoms with Gasteiger partial charge in [0.05, 0.1) is 29.5 Å². The highest BCUT2D eigenvalue weighted by Crippen LogP contribution is 2.42. The van der Waals surface area contributed by atoms with Gasteiger partial charge in [0.15, 0.2) is 5.82 Å². The average molecular weight is 580 g/mol. The number of hydrogen-bond donors (Lipinski definition) is 3. The van der Waals surface area contributed by atoms with Crippen molar-refractivity contribution >= 4 is 29.8 Å². The van der Waals surface area contributed by atoms with Crippen LogP contribution >= 0.6 is 0 Å². The molecule has 11 heteroatoms. The number of hydrogen-bond acceptors (Lipinski definition) is 10. The van der Waals surface area contributed by atoms with Gasteiger partial charge in [0.25, 0.3) is 5.89 Å². The van der Waals surface area contributed by atoms with Gasteiger partial charge in [-0.1, -0.05) is 41.6 Å². The Hall–Kier alpha value is -3.77. The van der Waals surface area contributed by atoms with Crippen LogP contribution < -0.4 is 16.1 Å². The summed E-state index contributed by atoms with van der Waals surface area (Å²) in [6.07, 6.45) is 4.90. The van der Waals surface area contributed by atoms with Gasteiger partial charge >= 0.3 is 7.12 Å². The van der Waals surface area contributed by atoms with E-state index in [-0.39, 0.29) is 25.2 Å². The van der Waals surface area contributed by atoms with E-state index in [9.17, 15) is 5.11 Å². The summed E-state index contributed by atoms with van der Waals surface area (Å²) in [5.74, 6) is 1.84. The molecule has 0 aliphatic carbocycles. The lowest BCUT2D eigenvalue weighted by Crippen LogP contribution is -2.51. The molecule has 3 saturated heterocycles. The zero-order chi connectivity index (χ0) is 29.6. The molecule has 8 rings (SSSR count). The van der Waals surface area contributed by atoms with E-state index in [0.717, 1.165) is 72.7 Å². The van der Waals surface area contributed by atoms with Crippen molar-refractivity contribution in [3.05, 3.63) is 77.7 Å². The molecule has 0 unspecified atom stereocenters. The SMILES string of the molecule is COB1OC(C)(C)c2cc(Nc3cc(N[C@H](CO)c4ccccc4)c(-c4nc(C56CCN(CC5)CC6)no4)cn3)ccc21. The summed E-state index contributed by atoms with van der Waals surface area (Å²) in [6, 6.07) is 17.6. The first-order valence-electron chi connectivity index (χ1n) is 15.0. The van der Waals surface area contributed by atoms with Gasteiger partial charge in [-0.25, -0.2) is 4.98 Å². The molecule has 1 atom stereocenters. The minimum absolute atomic E-state index is 0.0242. The van der Waals surface area contributed by atoms with Crippen LogP contribution in [0.3, 0.4) is 0 Å². The Bertz CT molecular complexity index is 1590. The molecular weight excluding hydrogens is 543 g/mol. The van der Waals surface area contributed by atoms with Gasteiger partial charge < -0.3 is 34.5 Å². The lowest BCUT2D eigenvalue weighted by atomic mass is 9.71. The number of fused-ring (bicyclic) bond motifs is 4. The minimum Gasteiger partial charge on any atom is -0.410 e. The summed E-state index contributed by atoms with van der Waals surface area (Å²) in [7, 11) is 1.27. The Kier molecular flexibility index (Phi) is 7.21. The van der Waals surface area contributed by atoms with Crippen LogP contribution in [0.1, 0.15) is 56.1 Å². The van der Waals surface area contributed by atoms with Crippen molar-refractivity contribution in [1.29, 1.82) is 0 Å². The fourth-order valence-corrected chi connectivity index (χ4v) is 6.71. The van der Waals surface area contributed by atoms with Crippen molar-refractivity contribution in [1.82, 2.24) is 20.0 Å². The second-order valence-electron chi connectivity index (χ2n) is 12.3. The van der Waals surface area contributed by atoms with E-state index in [2.05, 4.69) is 26.8 Å². The number of aliphatic hydroxyl groups is 1. The smallest absolute Gasteiger partial charge is 0.410 e. The number of aromatic nitrogens is 3. The maximum absolute atomic E-state index is 10.4. The molecule has 0 saturated carbocycles. The Morgan fingerprint density at radius 3 is 2.56 bits per heavy atom. The van der Waals surface area contributed by atoms with Crippen molar-refractivity contribution in [3.8, 4) is 11.5 Å². The molecule has 43 heavy (non-hydrogen) atoms. The molecule has 3 fully saturated rings. The quantitative estimate of drug-likeness (QED) is 0.247.